The van der Waals surface area contributed by atoms with Crippen LogP contribution in [0.3, 0.4) is 0 Å². The Hall–Kier alpha value is -4.31. The fourth-order valence-corrected chi connectivity index (χ4v) is 5.34. The number of anilines is 1. The number of nitro groups is 1. The molecular weight excluding hydrogens is 493 g/mol. The molecule has 2 atom stereocenters. The van der Waals surface area contributed by atoms with Gasteiger partial charge in [0.05, 0.1) is 41.6 Å². The van der Waals surface area contributed by atoms with Crippen LogP contribution in [0.5, 0.6) is 5.75 Å². The van der Waals surface area contributed by atoms with Gasteiger partial charge in [-0.2, -0.15) is 0 Å². The van der Waals surface area contributed by atoms with E-state index in [1.165, 1.54) is 19.2 Å². The number of halogens is 1. The summed E-state index contributed by atoms with van der Waals surface area (Å²) in [7, 11) is 1.47. The van der Waals surface area contributed by atoms with Gasteiger partial charge < -0.3 is 19.5 Å². The first kappa shape index (κ1) is 24.4. The molecule has 0 unspecified atom stereocenters. The number of methoxy groups -OCH3 is 1. The Bertz CT molecular complexity index is 1510. The van der Waals surface area contributed by atoms with Crippen LogP contribution in [0.1, 0.15) is 34.7 Å². The minimum Gasteiger partial charge on any atom is -0.496 e. The molecule has 5 rings (SSSR count). The maximum absolute atomic E-state index is 15.1. The number of nitrogens with one attached hydrogen (secondary N) is 1. The summed E-state index contributed by atoms with van der Waals surface area (Å²) in [5.41, 5.74) is 3.80. The number of nitrogens with zero attached hydrogens (tertiary/aromatic N) is 4. The predicted molar refractivity (Wildman–Crippen MR) is 143 cm³/mol. The summed E-state index contributed by atoms with van der Waals surface area (Å²) >= 11 is 5.71. The number of ether oxygens (including phenoxy) is 1. The number of rotatable bonds is 6. The minimum absolute atomic E-state index is 0.0833. The maximum Gasteiger partial charge on any atom is 0.296 e. The zero-order valence-corrected chi connectivity index (χ0v) is 21.2. The number of thiocarbonyl (C=S) groups is 1. The van der Waals surface area contributed by atoms with Crippen LogP contribution in [0.4, 0.5) is 15.8 Å². The Morgan fingerprint density at radius 3 is 2.51 bits per heavy atom. The van der Waals surface area contributed by atoms with E-state index in [0.717, 1.165) is 22.6 Å². The smallest absolute Gasteiger partial charge is 0.296 e. The molecule has 37 heavy (non-hydrogen) atoms. The van der Waals surface area contributed by atoms with Crippen molar-refractivity contribution in [1.29, 1.82) is 0 Å². The van der Waals surface area contributed by atoms with Crippen molar-refractivity contribution in [2.24, 2.45) is 0 Å². The molecule has 1 saturated heterocycles. The van der Waals surface area contributed by atoms with Crippen molar-refractivity contribution in [2.75, 3.05) is 12.0 Å². The summed E-state index contributed by atoms with van der Waals surface area (Å²) in [4.78, 5) is 17.8. The molecule has 8 nitrogen and oxygen atoms in total. The molecule has 2 aromatic carbocycles. The van der Waals surface area contributed by atoms with Gasteiger partial charge in [0.25, 0.3) is 5.69 Å². The quantitative estimate of drug-likeness (QED) is 0.199. The Morgan fingerprint density at radius 2 is 1.84 bits per heavy atom. The number of aromatic nitrogens is 2. The molecule has 0 radical (unpaired) electrons. The van der Waals surface area contributed by atoms with Crippen molar-refractivity contribution < 1.29 is 14.1 Å². The molecule has 0 aliphatic carbocycles. The average molecular weight is 518 g/mol. The van der Waals surface area contributed by atoms with Crippen LogP contribution >= 0.6 is 12.2 Å². The van der Waals surface area contributed by atoms with Gasteiger partial charge in [0.1, 0.15) is 17.3 Å². The molecule has 1 fully saturated rings. The Labute approximate surface area is 218 Å². The van der Waals surface area contributed by atoms with Crippen LogP contribution < -0.4 is 15.0 Å². The lowest BCUT2D eigenvalue weighted by Gasteiger charge is -2.28. The third-order valence-electron chi connectivity index (χ3n) is 6.62. The molecule has 10 heteroatoms. The van der Waals surface area contributed by atoms with E-state index in [9.17, 15) is 10.1 Å². The van der Waals surface area contributed by atoms with Crippen molar-refractivity contribution in [3.63, 3.8) is 0 Å². The van der Waals surface area contributed by atoms with E-state index in [1.807, 2.05) is 42.7 Å². The number of hydrogen-bond donors (Lipinski definition) is 1. The second kappa shape index (κ2) is 9.62. The SMILES string of the molecule is COc1ccc(-n2c(C)cc([C@H]3[C@@H](c4ccccn4)NC(=S)N3c3ccccc3F)c2C)c([N+](=O)[O-])c1. The lowest BCUT2D eigenvalue weighted by molar-refractivity contribution is -0.384. The van der Waals surface area contributed by atoms with Crippen molar-refractivity contribution >= 4 is 28.7 Å². The monoisotopic (exact) mass is 517 g/mol. The van der Waals surface area contributed by atoms with Crippen LogP contribution in [0.2, 0.25) is 0 Å². The van der Waals surface area contributed by atoms with Crippen molar-refractivity contribution in [1.82, 2.24) is 14.9 Å². The summed E-state index contributed by atoms with van der Waals surface area (Å²) < 4.78 is 22.1. The molecule has 0 amide bonds. The van der Waals surface area contributed by atoms with Crippen LogP contribution in [0.15, 0.2) is 72.9 Å². The molecule has 0 spiro atoms. The zero-order chi connectivity index (χ0) is 26.3. The highest BCUT2D eigenvalue weighted by molar-refractivity contribution is 7.80. The Balaban J connectivity index is 1.72. The van der Waals surface area contributed by atoms with E-state index >= 15 is 4.39 Å². The minimum atomic E-state index is -0.462. The average Bonchev–Trinajstić information content (AvgIpc) is 3.39. The van der Waals surface area contributed by atoms with E-state index in [1.54, 1.807) is 41.4 Å². The number of hydrogen-bond acceptors (Lipinski definition) is 5. The van der Waals surface area contributed by atoms with Gasteiger partial charge in [-0.1, -0.05) is 18.2 Å². The first-order chi connectivity index (χ1) is 17.8. The number of aryl methyl sites for hydroxylation is 1. The molecule has 0 bridgehead atoms. The molecular formula is C27H24FN5O3S. The van der Waals surface area contributed by atoms with Crippen molar-refractivity contribution in [3.05, 3.63) is 112 Å². The van der Waals surface area contributed by atoms with E-state index in [-0.39, 0.29) is 11.7 Å². The normalized spacial score (nSPS) is 17.1. The van der Waals surface area contributed by atoms with Crippen molar-refractivity contribution in [3.8, 4) is 11.4 Å². The van der Waals surface area contributed by atoms with Gasteiger partial charge in [0.15, 0.2) is 5.11 Å². The lowest BCUT2D eigenvalue weighted by Crippen LogP contribution is -2.30. The molecule has 1 N–H and O–H groups in total. The highest BCUT2D eigenvalue weighted by atomic mass is 32.1. The van der Waals surface area contributed by atoms with Gasteiger partial charge in [-0.3, -0.25) is 15.1 Å². The van der Waals surface area contributed by atoms with Gasteiger partial charge in [-0.25, -0.2) is 4.39 Å². The number of benzene rings is 2. The molecule has 4 aromatic rings. The van der Waals surface area contributed by atoms with Crippen LogP contribution in [-0.4, -0.2) is 26.7 Å². The Morgan fingerprint density at radius 1 is 1.08 bits per heavy atom. The number of nitro benzene ring substituents is 1. The van der Waals surface area contributed by atoms with Crippen LogP contribution in [-0.2, 0) is 0 Å². The highest BCUT2D eigenvalue weighted by Gasteiger charge is 2.43. The number of pyridine rings is 1. The van der Waals surface area contributed by atoms with E-state index in [4.69, 9.17) is 17.0 Å². The van der Waals surface area contributed by atoms with E-state index in [0.29, 0.717) is 22.2 Å². The fourth-order valence-electron chi connectivity index (χ4n) is 5.00. The van der Waals surface area contributed by atoms with E-state index < -0.39 is 16.8 Å². The highest BCUT2D eigenvalue weighted by Crippen LogP contribution is 2.45. The third kappa shape index (κ3) is 4.19. The van der Waals surface area contributed by atoms with Gasteiger partial charge in [0, 0.05) is 17.6 Å². The van der Waals surface area contributed by atoms with Crippen LogP contribution in [0.25, 0.3) is 5.69 Å². The first-order valence-corrected chi connectivity index (χ1v) is 12.0. The largest absolute Gasteiger partial charge is 0.496 e. The molecule has 0 saturated carbocycles. The van der Waals surface area contributed by atoms with Crippen molar-refractivity contribution in [2.45, 2.75) is 25.9 Å². The van der Waals surface area contributed by atoms with Gasteiger partial charge >= 0.3 is 0 Å². The Kier molecular flexibility index (Phi) is 6.34. The summed E-state index contributed by atoms with van der Waals surface area (Å²) in [6.07, 6.45) is 1.70. The standard InChI is InChI=1S/C27H24FN5O3S/c1-16-14-19(17(2)31(16)23-12-11-18(36-3)15-24(23)33(34)35)26-25(21-9-6-7-13-29-21)30-27(37)32(26)22-10-5-4-8-20(22)28/h4-15,25-26H,1-3H3,(H,30,37)/t25-,26+/m1/s1. The van der Waals surface area contributed by atoms with Gasteiger partial charge in [-0.15, -0.1) is 0 Å². The van der Waals surface area contributed by atoms with Gasteiger partial charge in [0.2, 0.25) is 0 Å². The second-order valence-corrected chi connectivity index (χ2v) is 9.11. The summed E-state index contributed by atoms with van der Waals surface area (Å²) in [5.74, 6) is -0.0117. The maximum atomic E-state index is 15.1. The fraction of sp³-hybridized carbons (Fsp3) is 0.185. The number of para-hydroxylation sites is 1. The summed E-state index contributed by atoms with van der Waals surface area (Å²) in [5, 5.41) is 15.7. The zero-order valence-electron chi connectivity index (χ0n) is 20.4. The topological polar surface area (TPSA) is 85.5 Å². The second-order valence-electron chi connectivity index (χ2n) is 8.72. The summed E-state index contributed by atoms with van der Waals surface area (Å²) in [6.45, 7) is 3.78. The molecule has 2 aromatic heterocycles. The van der Waals surface area contributed by atoms with Crippen LogP contribution in [0, 0.1) is 29.8 Å². The van der Waals surface area contributed by atoms with E-state index in [2.05, 4.69) is 10.3 Å². The molecule has 188 valence electrons. The third-order valence-corrected chi connectivity index (χ3v) is 6.93. The molecule has 1 aliphatic heterocycles. The lowest BCUT2D eigenvalue weighted by atomic mass is 9.96. The predicted octanol–water partition coefficient (Wildman–Crippen LogP) is 5.72. The first-order valence-electron chi connectivity index (χ1n) is 11.6. The summed E-state index contributed by atoms with van der Waals surface area (Å²) in [6, 6.07) is 18.0. The molecule has 3 heterocycles. The molecule has 1 aliphatic rings. The van der Waals surface area contributed by atoms with Gasteiger partial charge in [-0.05, 0) is 74.1 Å².